The molecule has 2 rings (SSSR count). The summed E-state index contributed by atoms with van der Waals surface area (Å²) < 4.78 is 10.5. The van der Waals surface area contributed by atoms with Gasteiger partial charge in [0.05, 0.1) is 12.5 Å². The van der Waals surface area contributed by atoms with E-state index in [0.29, 0.717) is 24.7 Å². The van der Waals surface area contributed by atoms with E-state index in [1.807, 2.05) is 6.92 Å². The highest BCUT2D eigenvalue weighted by Crippen LogP contribution is 2.25. The average molecular weight is 226 g/mol. The van der Waals surface area contributed by atoms with Gasteiger partial charge in [0, 0.05) is 6.61 Å². The molecule has 1 aliphatic rings. The quantitative estimate of drug-likeness (QED) is 0.847. The zero-order valence-corrected chi connectivity index (χ0v) is 9.56. The molecule has 5 heteroatoms. The molecule has 5 nitrogen and oxygen atoms in total. The fourth-order valence-electron chi connectivity index (χ4n) is 1.89. The lowest BCUT2D eigenvalue weighted by Crippen LogP contribution is -2.15. The van der Waals surface area contributed by atoms with Gasteiger partial charge in [-0.2, -0.15) is 4.98 Å². The van der Waals surface area contributed by atoms with Gasteiger partial charge in [0.25, 0.3) is 0 Å². The molecule has 0 aromatic carbocycles. The number of hydrogen-bond acceptors (Lipinski definition) is 5. The first-order valence-electron chi connectivity index (χ1n) is 5.90. The van der Waals surface area contributed by atoms with Crippen LogP contribution in [0.3, 0.4) is 0 Å². The third-order valence-corrected chi connectivity index (χ3v) is 2.83. The van der Waals surface area contributed by atoms with E-state index < -0.39 is 6.10 Å². The van der Waals surface area contributed by atoms with Gasteiger partial charge in [0.15, 0.2) is 5.82 Å². The number of hydrogen-bond donors (Lipinski definition) is 1. The Balaban J connectivity index is 2.00. The highest BCUT2D eigenvalue weighted by Gasteiger charge is 2.23. The number of ether oxygens (including phenoxy) is 1. The second kappa shape index (κ2) is 5.41. The summed E-state index contributed by atoms with van der Waals surface area (Å²) in [5.41, 5.74) is 0. The van der Waals surface area contributed by atoms with Crippen molar-refractivity contribution in [2.45, 2.75) is 44.6 Å². The molecule has 1 aromatic heterocycles. The van der Waals surface area contributed by atoms with Gasteiger partial charge in [-0.25, -0.2) is 0 Å². The molecule has 2 heterocycles. The molecule has 0 radical (unpaired) electrons. The lowest BCUT2D eigenvalue weighted by molar-refractivity contribution is 0.0705. The van der Waals surface area contributed by atoms with Crippen LogP contribution in [0.1, 0.15) is 56.3 Å². The summed E-state index contributed by atoms with van der Waals surface area (Å²) in [6.45, 7) is 3.47. The van der Waals surface area contributed by atoms with Gasteiger partial charge in [0.2, 0.25) is 5.89 Å². The van der Waals surface area contributed by atoms with Crippen LogP contribution in [0.5, 0.6) is 0 Å². The second-order valence-electron chi connectivity index (χ2n) is 4.21. The molecule has 2 atom stereocenters. The van der Waals surface area contributed by atoms with Crippen LogP contribution in [0.2, 0.25) is 0 Å². The van der Waals surface area contributed by atoms with Crippen LogP contribution in [0.25, 0.3) is 0 Å². The second-order valence-corrected chi connectivity index (χ2v) is 4.21. The Morgan fingerprint density at radius 2 is 2.44 bits per heavy atom. The number of aliphatic hydroxyl groups is 1. The molecule has 0 aliphatic carbocycles. The molecule has 1 aliphatic heterocycles. The highest BCUT2D eigenvalue weighted by atomic mass is 16.5. The van der Waals surface area contributed by atoms with E-state index in [0.717, 1.165) is 25.9 Å². The minimum Gasteiger partial charge on any atom is -0.385 e. The molecule has 16 heavy (non-hydrogen) atoms. The highest BCUT2D eigenvalue weighted by molar-refractivity contribution is 4.97. The normalized spacial score (nSPS) is 23.2. The van der Waals surface area contributed by atoms with Crippen molar-refractivity contribution in [3.8, 4) is 0 Å². The van der Waals surface area contributed by atoms with Crippen molar-refractivity contribution < 1.29 is 14.4 Å². The Morgan fingerprint density at radius 3 is 3.12 bits per heavy atom. The van der Waals surface area contributed by atoms with Crippen molar-refractivity contribution in [2.24, 2.45) is 0 Å². The summed E-state index contributed by atoms with van der Waals surface area (Å²) in [5.74, 6) is 1.20. The van der Waals surface area contributed by atoms with E-state index in [-0.39, 0.29) is 5.92 Å². The lowest BCUT2D eigenvalue weighted by Gasteiger charge is -2.18. The topological polar surface area (TPSA) is 68.4 Å². The summed E-state index contributed by atoms with van der Waals surface area (Å²) in [6.07, 6.45) is 3.01. The molecule has 0 spiro atoms. The number of rotatable bonds is 4. The van der Waals surface area contributed by atoms with Gasteiger partial charge in [-0.05, 0) is 19.3 Å². The molecule has 1 saturated heterocycles. The maximum Gasteiger partial charge on any atom is 0.232 e. The summed E-state index contributed by atoms with van der Waals surface area (Å²) in [5, 5.41) is 13.5. The van der Waals surface area contributed by atoms with Crippen LogP contribution >= 0.6 is 0 Å². The Labute approximate surface area is 94.8 Å². The Bertz CT molecular complexity index is 321. The standard InChI is InChI=1S/C11H18N2O3/c1-2-4-9(14)10-12-11(16-13-10)8-5-3-6-15-7-8/h8-9,14H,2-7H2,1H3. The van der Waals surface area contributed by atoms with Crippen LogP contribution in [-0.4, -0.2) is 28.5 Å². The van der Waals surface area contributed by atoms with E-state index in [1.54, 1.807) is 0 Å². The summed E-state index contributed by atoms with van der Waals surface area (Å²) in [6, 6.07) is 0. The average Bonchev–Trinajstić information content (AvgIpc) is 2.80. The predicted octanol–water partition coefficient (Wildman–Crippen LogP) is 1.80. The molecular formula is C11H18N2O3. The maximum atomic E-state index is 9.72. The third-order valence-electron chi connectivity index (χ3n) is 2.83. The Morgan fingerprint density at radius 1 is 1.56 bits per heavy atom. The van der Waals surface area contributed by atoms with Gasteiger partial charge in [-0.3, -0.25) is 0 Å². The first-order chi connectivity index (χ1) is 7.81. The van der Waals surface area contributed by atoms with Gasteiger partial charge in [-0.15, -0.1) is 0 Å². The molecule has 1 fully saturated rings. The van der Waals surface area contributed by atoms with Crippen LogP contribution < -0.4 is 0 Å². The van der Waals surface area contributed by atoms with Crippen LogP contribution in [0, 0.1) is 0 Å². The van der Waals surface area contributed by atoms with Crippen molar-refractivity contribution in [1.29, 1.82) is 0 Å². The molecule has 1 N–H and O–H groups in total. The first kappa shape index (κ1) is 11.5. The fourth-order valence-corrected chi connectivity index (χ4v) is 1.89. The molecule has 0 amide bonds. The van der Waals surface area contributed by atoms with Crippen molar-refractivity contribution >= 4 is 0 Å². The van der Waals surface area contributed by atoms with E-state index in [2.05, 4.69) is 10.1 Å². The maximum absolute atomic E-state index is 9.72. The summed E-state index contributed by atoms with van der Waals surface area (Å²) >= 11 is 0. The number of aromatic nitrogens is 2. The Hall–Kier alpha value is -0.940. The monoisotopic (exact) mass is 226 g/mol. The van der Waals surface area contributed by atoms with Crippen LogP contribution in [0.4, 0.5) is 0 Å². The molecule has 0 bridgehead atoms. The predicted molar refractivity (Wildman–Crippen MR) is 57.0 cm³/mol. The van der Waals surface area contributed by atoms with Crippen molar-refractivity contribution in [3.05, 3.63) is 11.7 Å². The largest absolute Gasteiger partial charge is 0.385 e. The molecule has 90 valence electrons. The lowest BCUT2D eigenvalue weighted by atomic mass is 10.0. The minimum absolute atomic E-state index is 0.198. The zero-order chi connectivity index (χ0) is 11.4. The molecule has 2 unspecified atom stereocenters. The van der Waals surface area contributed by atoms with E-state index in [1.165, 1.54) is 0 Å². The SMILES string of the molecule is CCCC(O)c1noc(C2CCCOC2)n1. The van der Waals surface area contributed by atoms with Gasteiger partial charge in [-0.1, -0.05) is 18.5 Å². The van der Waals surface area contributed by atoms with Crippen LogP contribution in [-0.2, 0) is 4.74 Å². The van der Waals surface area contributed by atoms with E-state index in [9.17, 15) is 5.11 Å². The minimum atomic E-state index is -0.605. The number of nitrogens with zero attached hydrogens (tertiary/aromatic N) is 2. The smallest absolute Gasteiger partial charge is 0.232 e. The molecule has 1 aromatic rings. The van der Waals surface area contributed by atoms with Gasteiger partial charge in [0.1, 0.15) is 6.10 Å². The third kappa shape index (κ3) is 2.59. The Kier molecular flexibility index (Phi) is 3.90. The van der Waals surface area contributed by atoms with Crippen LogP contribution in [0.15, 0.2) is 4.52 Å². The molecule has 0 saturated carbocycles. The fraction of sp³-hybridized carbons (Fsp3) is 0.818. The number of aliphatic hydroxyl groups excluding tert-OH is 1. The van der Waals surface area contributed by atoms with Gasteiger partial charge < -0.3 is 14.4 Å². The van der Waals surface area contributed by atoms with Crippen molar-refractivity contribution in [3.63, 3.8) is 0 Å². The first-order valence-corrected chi connectivity index (χ1v) is 5.90. The van der Waals surface area contributed by atoms with Crippen molar-refractivity contribution in [1.82, 2.24) is 10.1 Å². The molecular weight excluding hydrogens is 208 g/mol. The summed E-state index contributed by atoms with van der Waals surface area (Å²) in [4.78, 5) is 4.24. The van der Waals surface area contributed by atoms with Gasteiger partial charge >= 0.3 is 0 Å². The zero-order valence-electron chi connectivity index (χ0n) is 9.56. The van der Waals surface area contributed by atoms with E-state index >= 15 is 0 Å². The summed E-state index contributed by atoms with van der Waals surface area (Å²) in [7, 11) is 0. The van der Waals surface area contributed by atoms with Crippen molar-refractivity contribution in [2.75, 3.05) is 13.2 Å². The van der Waals surface area contributed by atoms with E-state index in [4.69, 9.17) is 9.26 Å².